The number of hydrogen-bond donors (Lipinski definition) is 2. The van der Waals surface area contributed by atoms with Crippen molar-refractivity contribution in [1.82, 2.24) is 4.90 Å². The van der Waals surface area contributed by atoms with Gasteiger partial charge in [-0.15, -0.1) is 11.8 Å². The van der Waals surface area contributed by atoms with Crippen molar-refractivity contribution in [2.24, 2.45) is 0 Å². The van der Waals surface area contributed by atoms with Gasteiger partial charge in [0, 0.05) is 17.1 Å². The summed E-state index contributed by atoms with van der Waals surface area (Å²) in [6, 6.07) is 7.15. The van der Waals surface area contributed by atoms with Gasteiger partial charge >= 0.3 is 11.9 Å². The molecule has 2 N–H and O–H groups in total. The Morgan fingerprint density at radius 3 is 2.19 bits per heavy atom. The van der Waals surface area contributed by atoms with Gasteiger partial charge in [0.1, 0.15) is 13.1 Å². The molecular formula is C13H14ClNO5S. The number of hydrogen-bond acceptors (Lipinski definition) is 4. The van der Waals surface area contributed by atoms with Gasteiger partial charge in [-0.05, 0) is 12.1 Å². The Bertz CT molecular complexity index is 521. The van der Waals surface area contributed by atoms with E-state index in [1.165, 1.54) is 11.8 Å². The number of rotatable bonds is 8. The van der Waals surface area contributed by atoms with Crippen LogP contribution in [-0.2, 0) is 14.4 Å². The molecule has 1 aromatic rings. The summed E-state index contributed by atoms with van der Waals surface area (Å²) >= 11 is 7.32. The predicted octanol–water partition coefficient (Wildman–Crippen LogP) is 1.82. The lowest BCUT2D eigenvalue weighted by molar-refractivity contribution is -0.149. The Morgan fingerprint density at radius 2 is 1.67 bits per heavy atom. The van der Waals surface area contributed by atoms with Crippen LogP contribution >= 0.6 is 23.4 Å². The summed E-state index contributed by atoms with van der Waals surface area (Å²) in [6.07, 6.45) is 0.0381. The first-order valence-electron chi connectivity index (χ1n) is 5.99. The van der Waals surface area contributed by atoms with Crippen LogP contribution in [0.5, 0.6) is 0 Å². The molecule has 0 saturated heterocycles. The lowest BCUT2D eigenvalue weighted by Crippen LogP contribution is -2.39. The Kier molecular flexibility index (Phi) is 7.04. The van der Waals surface area contributed by atoms with Gasteiger partial charge < -0.3 is 15.1 Å². The fraction of sp³-hybridized carbons (Fsp3) is 0.308. The summed E-state index contributed by atoms with van der Waals surface area (Å²) in [5, 5.41) is 17.9. The van der Waals surface area contributed by atoms with Crippen LogP contribution in [0.1, 0.15) is 6.42 Å². The van der Waals surface area contributed by atoms with Crippen molar-refractivity contribution >= 4 is 41.2 Å². The fourth-order valence-corrected chi connectivity index (χ4v) is 2.70. The molecule has 8 heteroatoms. The highest BCUT2D eigenvalue weighted by molar-refractivity contribution is 7.99. The zero-order valence-electron chi connectivity index (χ0n) is 11.0. The molecule has 6 nitrogen and oxygen atoms in total. The number of amides is 1. The zero-order chi connectivity index (χ0) is 15.8. The van der Waals surface area contributed by atoms with Crippen LogP contribution in [0.25, 0.3) is 0 Å². The zero-order valence-corrected chi connectivity index (χ0v) is 12.6. The highest BCUT2D eigenvalue weighted by Crippen LogP contribution is 2.27. The monoisotopic (exact) mass is 331 g/mol. The number of carboxylic acids is 2. The smallest absolute Gasteiger partial charge is 0.323 e. The Hall–Kier alpha value is -1.73. The first-order valence-corrected chi connectivity index (χ1v) is 7.35. The number of thioether (sulfide) groups is 1. The van der Waals surface area contributed by atoms with Crippen LogP contribution < -0.4 is 0 Å². The van der Waals surface area contributed by atoms with Crippen LogP contribution in [0.3, 0.4) is 0 Å². The number of carbonyl (C=O) groups is 3. The number of benzene rings is 1. The number of carboxylic acid groups (broad SMARTS) is 2. The summed E-state index contributed by atoms with van der Waals surface area (Å²) in [4.78, 5) is 34.7. The van der Waals surface area contributed by atoms with Crippen LogP contribution in [-0.4, -0.2) is 51.8 Å². The van der Waals surface area contributed by atoms with E-state index in [2.05, 4.69) is 0 Å². The molecule has 0 aliphatic rings. The molecule has 1 rings (SSSR count). The van der Waals surface area contributed by atoms with E-state index in [9.17, 15) is 14.4 Å². The van der Waals surface area contributed by atoms with Gasteiger partial charge in [0.25, 0.3) is 0 Å². The summed E-state index contributed by atoms with van der Waals surface area (Å²) in [6.45, 7) is -1.25. The predicted molar refractivity (Wildman–Crippen MR) is 78.6 cm³/mol. The van der Waals surface area contributed by atoms with Gasteiger partial charge in [-0.2, -0.15) is 0 Å². The molecule has 21 heavy (non-hydrogen) atoms. The summed E-state index contributed by atoms with van der Waals surface area (Å²) < 4.78 is 0. The van der Waals surface area contributed by atoms with Gasteiger partial charge in [0.05, 0.1) is 5.02 Å². The lowest BCUT2D eigenvalue weighted by atomic mass is 10.3. The molecule has 1 amide bonds. The van der Waals surface area contributed by atoms with E-state index in [1.807, 2.05) is 12.1 Å². The van der Waals surface area contributed by atoms with Crippen molar-refractivity contribution < 1.29 is 24.6 Å². The molecule has 114 valence electrons. The van der Waals surface area contributed by atoms with Gasteiger partial charge in [0.15, 0.2) is 0 Å². The van der Waals surface area contributed by atoms with Crippen molar-refractivity contribution in [1.29, 1.82) is 0 Å². The number of nitrogens with zero attached hydrogens (tertiary/aromatic N) is 1. The first kappa shape index (κ1) is 17.3. The third-order valence-corrected chi connectivity index (χ3v) is 3.93. The van der Waals surface area contributed by atoms with E-state index in [0.717, 1.165) is 9.80 Å². The van der Waals surface area contributed by atoms with E-state index in [0.29, 0.717) is 10.8 Å². The topological polar surface area (TPSA) is 94.9 Å². The molecule has 0 aromatic heterocycles. The lowest BCUT2D eigenvalue weighted by Gasteiger charge is -2.18. The third-order valence-electron chi connectivity index (χ3n) is 2.42. The minimum absolute atomic E-state index is 0.0381. The second-order valence-corrected chi connectivity index (χ2v) is 5.61. The summed E-state index contributed by atoms with van der Waals surface area (Å²) in [5.41, 5.74) is 0. The second kappa shape index (κ2) is 8.53. The molecule has 0 unspecified atom stereocenters. The van der Waals surface area contributed by atoms with E-state index < -0.39 is 30.9 Å². The highest BCUT2D eigenvalue weighted by Gasteiger charge is 2.19. The van der Waals surface area contributed by atoms with Gasteiger partial charge in [-0.3, -0.25) is 14.4 Å². The quantitative estimate of drug-likeness (QED) is 0.705. The van der Waals surface area contributed by atoms with Crippen LogP contribution in [0.15, 0.2) is 29.2 Å². The molecule has 0 radical (unpaired) electrons. The van der Waals surface area contributed by atoms with E-state index in [1.54, 1.807) is 12.1 Å². The summed E-state index contributed by atoms with van der Waals surface area (Å²) in [5.74, 6) is -2.62. The van der Waals surface area contributed by atoms with Crippen LogP contribution in [0.2, 0.25) is 5.02 Å². The van der Waals surface area contributed by atoms with E-state index in [-0.39, 0.29) is 6.42 Å². The number of carbonyl (C=O) groups excluding carboxylic acids is 1. The van der Waals surface area contributed by atoms with E-state index in [4.69, 9.17) is 21.8 Å². The molecule has 0 saturated carbocycles. The largest absolute Gasteiger partial charge is 0.480 e. The minimum atomic E-state index is -1.25. The van der Waals surface area contributed by atoms with Crippen molar-refractivity contribution in [3.05, 3.63) is 29.3 Å². The molecule has 0 heterocycles. The highest BCUT2D eigenvalue weighted by atomic mass is 35.5. The minimum Gasteiger partial charge on any atom is -0.480 e. The van der Waals surface area contributed by atoms with Gasteiger partial charge in [-0.1, -0.05) is 23.7 Å². The maximum absolute atomic E-state index is 11.8. The molecule has 0 aliphatic heterocycles. The van der Waals surface area contributed by atoms with Gasteiger partial charge in [-0.25, -0.2) is 0 Å². The van der Waals surface area contributed by atoms with Crippen molar-refractivity contribution in [3.63, 3.8) is 0 Å². The van der Waals surface area contributed by atoms with Crippen molar-refractivity contribution in [2.75, 3.05) is 18.8 Å². The fourth-order valence-electron chi connectivity index (χ4n) is 1.53. The standard InChI is InChI=1S/C13H14ClNO5S/c14-9-3-1-2-4-10(9)21-6-5-11(16)15(7-12(17)18)8-13(19)20/h1-4H,5-8H2,(H,17,18)(H,19,20). The third kappa shape index (κ3) is 6.50. The molecule has 0 atom stereocenters. The Labute approximate surface area is 130 Å². The number of halogens is 1. The maximum Gasteiger partial charge on any atom is 0.323 e. The SMILES string of the molecule is O=C(O)CN(CC(=O)O)C(=O)CCSc1ccccc1Cl. The molecule has 0 bridgehead atoms. The van der Waals surface area contributed by atoms with Gasteiger partial charge in [0.2, 0.25) is 5.91 Å². The van der Waals surface area contributed by atoms with Crippen molar-refractivity contribution in [2.45, 2.75) is 11.3 Å². The van der Waals surface area contributed by atoms with Crippen LogP contribution in [0.4, 0.5) is 0 Å². The molecule has 0 aliphatic carbocycles. The normalized spacial score (nSPS) is 10.1. The van der Waals surface area contributed by atoms with Crippen molar-refractivity contribution in [3.8, 4) is 0 Å². The Balaban J connectivity index is 2.51. The molecule has 1 aromatic carbocycles. The van der Waals surface area contributed by atoms with Crippen LogP contribution in [0, 0.1) is 0 Å². The average molecular weight is 332 g/mol. The molecular weight excluding hydrogens is 318 g/mol. The Morgan fingerprint density at radius 1 is 1.10 bits per heavy atom. The second-order valence-electron chi connectivity index (χ2n) is 4.07. The molecule has 0 spiro atoms. The first-order chi connectivity index (χ1) is 9.90. The number of aliphatic carboxylic acids is 2. The average Bonchev–Trinajstić information content (AvgIpc) is 2.39. The maximum atomic E-state index is 11.8. The van der Waals surface area contributed by atoms with E-state index >= 15 is 0 Å². The molecule has 0 fully saturated rings. The summed E-state index contributed by atoms with van der Waals surface area (Å²) in [7, 11) is 0.